The van der Waals surface area contributed by atoms with Crippen molar-refractivity contribution in [3.05, 3.63) is 98.5 Å². The molecule has 0 aliphatic carbocycles. The standard InChI is InChI=1S/C26H24Cl3N3/c1-18(20-4-2-19(15-30)3-5-20)16-31-12-13-32(25-11-10-23(28)14-24(25)29)26(17-31)21-6-8-22(27)9-7-21/h2-11,14,18,26H,12-13,16-17H2,1H3/t18-,26-/m0/s1. The lowest BCUT2D eigenvalue weighted by Gasteiger charge is -2.44. The first-order valence-electron chi connectivity index (χ1n) is 10.6. The molecule has 1 aliphatic heterocycles. The minimum Gasteiger partial charge on any atom is -0.361 e. The van der Waals surface area contributed by atoms with Crippen molar-refractivity contribution in [2.45, 2.75) is 18.9 Å². The monoisotopic (exact) mass is 483 g/mol. The normalized spacial score (nSPS) is 17.7. The largest absolute Gasteiger partial charge is 0.361 e. The molecule has 3 nitrogen and oxygen atoms in total. The molecule has 0 unspecified atom stereocenters. The average molecular weight is 485 g/mol. The predicted molar refractivity (Wildman–Crippen MR) is 134 cm³/mol. The summed E-state index contributed by atoms with van der Waals surface area (Å²) >= 11 is 18.9. The highest BCUT2D eigenvalue weighted by Crippen LogP contribution is 2.37. The summed E-state index contributed by atoms with van der Waals surface area (Å²) in [4.78, 5) is 4.87. The van der Waals surface area contributed by atoms with E-state index < -0.39 is 0 Å². The minimum absolute atomic E-state index is 0.146. The van der Waals surface area contributed by atoms with Gasteiger partial charge >= 0.3 is 0 Å². The second kappa shape index (κ2) is 10.1. The van der Waals surface area contributed by atoms with Gasteiger partial charge in [0.2, 0.25) is 0 Å². The molecule has 1 aliphatic rings. The molecule has 0 spiro atoms. The molecular weight excluding hydrogens is 461 g/mol. The van der Waals surface area contributed by atoms with Crippen molar-refractivity contribution in [3.63, 3.8) is 0 Å². The zero-order valence-electron chi connectivity index (χ0n) is 17.8. The van der Waals surface area contributed by atoms with Gasteiger partial charge in [0.15, 0.2) is 0 Å². The van der Waals surface area contributed by atoms with Gasteiger partial charge in [0, 0.05) is 36.2 Å². The van der Waals surface area contributed by atoms with E-state index in [0.29, 0.717) is 21.5 Å². The number of nitrogens with zero attached hydrogens (tertiary/aromatic N) is 3. The summed E-state index contributed by atoms with van der Waals surface area (Å²) in [6, 6.07) is 24.0. The molecular formula is C26H24Cl3N3. The van der Waals surface area contributed by atoms with Crippen molar-refractivity contribution in [1.82, 2.24) is 4.90 Å². The SMILES string of the molecule is C[C@@H](CN1CCN(c2ccc(Cl)cc2Cl)[C@H](c2ccc(Cl)cc2)C1)c1ccc(C#N)cc1. The molecule has 0 bridgehead atoms. The third-order valence-electron chi connectivity index (χ3n) is 6.08. The van der Waals surface area contributed by atoms with Gasteiger partial charge in [-0.3, -0.25) is 4.90 Å². The predicted octanol–water partition coefficient (Wildman–Crippen LogP) is 7.19. The minimum atomic E-state index is 0.146. The van der Waals surface area contributed by atoms with E-state index in [1.54, 1.807) is 6.07 Å². The Bertz CT molecular complexity index is 1110. The Morgan fingerprint density at radius 3 is 2.28 bits per heavy atom. The van der Waals surface area contributed by atoms with Gasteiger partial charge in [0.05, 0.1) is 28.4 Å². The average Bonchev–Trinajstić information content (AvgIpc) is 2.80. The second-order valence-electron chi connectivity index (χ2n) is 8.25. The molecule has 2 atom stereocenters. The van der Waals surface area contributed by atoms with Crippen LogP contribution in [0, 0.1) is 11.3 Å². The first-order chi connectivity index (χ1) is 15.4. The lowest BCUT2D eigenvalue weighted by Crippen LogP contribution is -2.49. The molecule has 0 aromatic heterocycles. The van der Waals surface area contributed by atoms with Gasteiger partial charge in [-0.25, -0.2) is 0 Å². The van der Waals surface area contributed by atoms with Crippen molar-refractivity contribution in [1.29, 1.82) is 5.26 Å². The molecule has 32 heavy (non-hydrogen) atoms. The number of rotatable bonds is 5. The third-order valence-corrected chi connectivity index (χ3v) is 6.87. The van der Waals surface area contributed by atoms with Crippen molar-refractivity contribution in [3.8, 4) is 6.07 Å². The van der Waals surface area contributed by atoms with Crippen LogP contribution in [0.15, 0.2) is 66.7 Å². The lowest BCUT2D eigenvalue weighted by molar-refractivity contribution is 0.214. The fourth-order valence-electron chi connectivity index (χ4n) is 4.36. The summed E-state index contributed by atoms with van der Waals surface area (Å²) in [7, 11) is 0. The molecule has 164 valence electrons. The summed E-state index contributed by atoms with van der Waals surface area (Å²) < 4.78 is 0. The van der Waals surface area contributed by atoms with E-state index >= 15 is 0 Å². The number of hydrogen-bond donors (Lipinski definition) is 0. The van der Waals surface area contributed by atoms with Crippen LogP contribution in [-0.2, 0) is 0 Å². The second-order valence-corrected chi connectivity index (χ2v) is 9.53. The van der Waals surface area contributed by atoms with Gasteiger partial charge in [-0.15, -0.1) is 0 Å². The molecule has 3 aromatic carbocycles. The van der Waals surface area contributed by atoms with Crippen molar-refractivity contribution >= 4 is 40.5 Å². The quantitative estimate of drug-likeness (QED) is 0.384. The van der Waals surface area contributed by atoms with E-state index in [-0.39, 0.29) is 6.04 Å². The molecule has 4 rings (SSSR count). The number of halogens is 3. The highest BCUT2D eigenvalue weighted by Gasteiger charge is 2.30. The van der Waals surface area contributed by atoms with Crippen LogP contribution in [0.4, 0.5) is 5.69 Å². The van der Waals surface area contributed by atoms with Gasteiger partial charge in [-0.1, -0.05) is 66.0 Å². The Morgan fingerprint density at radius 1 is 0.938 bits per heavy atom. The van der Waals surface area contributed by atoms with E-state index in [0.717, 1.165) is 36.9 Å². The highest BCUT2D eigenvalue weighted by molar-refractivity contribution is 6.36. The van der Waals surface area contributed by atoms with Crippen LogP contribution in [0.1, 0.15) is 35.6 Å². The fraction of sp³-hybridized carbons (Fsp3) is 0.269. The van der Waals surface area contributed by atoms with Crippen LogP contribution in [0.5, 0.6) is 0 Å². The van der Waals surface area contributed by atoms with Gasteiger partial charge in [0.1, 0.15) is 0 Å². The first kappa shape index (κ1) is 23.0. The number of nitriles is 1. The van der Waals surface area contributed by atoms with Gasteiger partial charge in [-0.05, 0) is 59.5 Å². The zero-order valence-corrected chi connectivity index (χ0v) is 20.1. The molecule has 1 heterocycles. The van der Waals surface area contributed by atoms with Gasteiger partial charge < -0.3 is 4.90 Å². The fourth-order valence-corrected chi connectivity index (χ4v) is 5.00. The molecule has 3 aromatic rings. The Morgan fingerprint density at radius 2 is 1.62 bits per heavy atom. The topological polar surface area (TPSA) is 30.3 Å². The van der Waals surface area contributed by atoms with Crippen molar-refractivity contribution < 1.29 is 0 Å². The van der Waals surface area contributed by atoms with Crippen molar-refractivity contribution in [2.75, 3.05) is 31.1 Å². The first-order valence-corrected chi connectivity index (χ1v) is 11.8. The summed E-state index contributed by atoms with van der Waals surface area (Å²) in [6.45, 7) is 5.85. The highest BCUT2D eigenvalue weighted by atomic mass is 35.5. The van der Waals surface area contributed by atoms with Crippen LogP contribution in [-0.4, -0.2) is 31.1 Å². The maximum atomic E-state index is 9.05. The van der Waals surface area contributed by atoms with E-state index in [1.165, 1.54) is 11.1 Å². The van der Waals surface area contributed by atoms with E-state index in [4.69, 9.17) is 40.1 Å². The Labute approximate surface area is 204 Å². The number of hydrogen-bond acceptors (Lipinski definition) is 3. The molecule has 0 saturated carbocycles. The number of benzene rings is 3. The Kier molecular flexibility index (Phi) is 7.28. The summed E-state index contributed by atoms with van der Waals surface area (Å²) in [5, 5.41) is 11.1. The molecule has 0 N–H and O–H groups in total. The van der Waals surface area contributed by atoms with Crippen LogP contribution >= 0.6 is 34.8 Å². The smallest absolute Gasteiger partial charge is 0.0991 e. The van der Waals surface area contributed by atoms with Crippen LogP contribution in [0.3, 0.4) is 0 Å². The van der Waals surface area contributed by atoms with Crippen molar-refractivity contribution in [2.24, 2.45) is 0 Å². The third kappa shape index (κ3) is 5.22. The number of anilines is 1. The van der Waals surface area contributed by atoms with E-state index in [9.17, 15) is 0 Å². The maximum absolute atomic E-state index is 9.05. The van der Waals surface area contributed by atoms with E-state index in [1.807, 2.05) is 36.4 Å². The Balaban J connectivity index is 1.56. The van der Waals surface area contributed by atoms with Gasteiger partial charge in [0.25, 0.3) is 0 Å². The molecule has 1 saturated heterocycles. The summed E-state index contributed by atoms with van der Waals surface area (Å²) in [5.74, 6) is 0.360. The van der Waals surface area contributed by atoms with Crippen LogP contribution in [0.25, 0.3) is 0 Å². The van der Waals surface area contributed by atoms with Gasteiger partial charge in [-0.2, -0.15) is 5.26 Å². The molecule has 6 heteroatoms. The summed E-state index contributed by atoms with van der Waals surface area (Å²) in [6.07, 6.45) is 0. The molecule has 0 amide bonds. The Hall–Kier alpha value is -2.22. The van der Waals surface area contributed by atoms with E-state index in [2.05, 4.69) is 47.1 Å². The van der Waals surface area contributed by atoms with Crippen LogP contribution in [0.2, 0.25) is 15.1 Å². The van der Waals surface area contributed by atoms with Crippen LogP contribution < -0.4 is 4.90 Å². The lowest BCUT2D eigenvalue weighted by atomic mass is 9.97. The zero-order chi connectivity index (χ0) is 22.7. The molecule has 0 radical (unpaired) electrons. The maximum Gasteiger partial charge on any atom is 0.0991 e. The summed E-state index contributed by atoms with van der Waals surface area (Å²) in [5.41, 5.74) is 4.14. The molecule has 1 fully saturated rings. The number of piperazine rings is 1.